The number of fused-ring (bicyclic) bond motifs is 1. The van der Waals surface area contributed by atoms with Crippen molar-refractivity contribution < 1.29 is 9.26 Å². The number of aromatic nitrogens is 1. The molecule has 0 spiro atoms. The Balaban J connectivity index is 1.34. The lowest BCUT2D eigenvalue weighted by Crippen LogP contribution is -2.42. The largest absolute Gasteiger partial charge is 0.488 e. The minimum absolute atomic E-state index is 0.109. The second-order valence-corrected chi connectivity index (χ2v) is 6.68. The highest BCUT2D eigenvalue weighted by atomic mass is 16.5. The van der Waals surface area contributed by atoms with Crippen LogP contribution >= 0.6 is 0 Å². The lowest BCUT2D eigenvalue weighted by atomic mass is 10.1. The normalized spacial score (nSPS) is 15.8. The van der Waals surface area contributed by atoms with Crippen molar-refractivity contribution in [3.8, 4) is 17.1 Å². The Kier molecular flexibility index (Phi) is 5.56. The smallest absolute Gasteiger partial charge is 0.191 e. The summed E-state index contributed by atoms with van der Waals surface area (Å²) in [5.74, 6) is 2.47. The average Bonchev–Trinajstić information content (AvgIpc) is 3.37. The quantitative estimate of drug-likeness (QED) is 0.510. The molecule has 1 unspecified atom stereocenters. The number of ether oxygens (including phenoxy) is 1. The fourth-order valence-electron chi connectivity index (χ4n) is 3.20. The maximum Gasteiger partial charge on any atom is 0.191 e. The fraction of sp³-hybridized carbons (Fsp3) is 0.273. The molecule has 0 saturated heterocycles. The van der Waals surface area contributed by atoms with Gasteiger partial charge in [0.1, 0.15) is 17.5 Å². The van der Waals surface area contributed by atoms with Gasteiger partial charge in [0.25, 0.3) is 0 Å². The summed E-state index contributed by atoms with van der Waals surface area (Å²) in [6.45, 7) is 3.96. The van der Waals surface area contributed by atoms with Crippen LogP contribution in [0.4, 0.5) is 0 Å². The number of rotatable bonds is 6. The number of guanidine groups is 1. The van der Waals surface area contributed by atoms with Crippen molar-refractivity contribution in [3.63, 3.8) is 0 Å². The first-order valence-corrected chi connectivity index (χ1v) is 9.59. The third-order valence-electron chi connectivity index (χ3n) is 4.57. The summed E-state index contributed by atoms with van der Waals surface area (Å²) in [7, 11) is 0. The summed E-state index contributed by atoms with van der Waals surface area (Å²) in [4.78, 5) is 4.62. The second-order valence-electron chi connectivity index (χ2n) is 6.68. The first kappa shape index (κ1) is 18.1. The van der Waals surface area contributed by atoms with E-state index in [4.69, 9.17) is 9.26 Å². The van der Waals surface area contributed by atoms with Gasteiger partial charge in [-0.15, -0.1) is 0 Å². The minimum Gasteiger partial charge on any atom is -0.488 e. The van der Waals surface area contributed by atoms with Crippen LogP contribution in [0.15, 0.2) is 70.2 Å². The van der Waals surface area contributed by atoms with E-state index < -0.39 is 0 Å². The van der Waals surface area contributed by atoms with Gasteiger partial charge in [0.2, 0.25) is 0 Å². The van der Waals surface area contributed by atoms with Crippen LogP contribution in [0.3, 0.4) is 0 Å². The summed E-state index contributed by atoms with van der Waals surface area (Å²) >= 11 is 0. The van der Waals surface area contributed by atoms with E-state index in [2.05, 4.69) is 26.8 Å². The average molecular weight is 376 g/mol. The molecule has 3 aromatic rings. The van der Waals surface area contributed by atoms with Crippen molar-refractivity contribution in [2.24, 2.45) is 4.99 Å². The number of nitrogens with zero attached hydrogens (tertiary/aromatic N) is 2. The highest BCUT2D eigenvalue weighted by Crippen LogP contribution is 2.27. The van der Waals surface area contributed by atoms with E-state index in [9.17, 15) is 0 Å². The van der Waals surface area contributed by atoms with Gasteiger partial charge in [-0.2, -0.15) is 0 Å². The zero-order valence-electron chi connectivity index (χ0n) is 15.9. The predicted octanol–water partition coefficient (Wildman–Crippen LogP) is 3.40. The number of para-hydroxylation sites is 1. The van der Waals surface area contributed by atoms with Crippen LogP contribution in [0, 0.1) is 0 Å². The maximum absolute atomic E-state index is 5.98. The van der Waals surface area contributed by atoms with Crippen LogP contribution in [-0.2, 0) is 13.0 Å². The van der Waals surface area contributed by atoms with E-state index in [0.29, 0.717) is 13.1 Å². The van der Waals surface area contributed by atoms with Crippen molar-refractivity contribution in [2.75, 3.05) is 13.1 Å². The highest BCUT2D eigenvalue weighted by molar-refractivity contribution is 5.79. The molecule has 2 aromatic carbocycles. The lowest BCUT2D eigenvalue weighted by molar-refractivity contribution is 0.235. The molecule has 144 valence electrons. The Morgan fingerprint density at radius 1 is 1.11 bits per heavy atom. The Labute approximate surface area is 164 Å². The van der Waals surface area contributed by atoms with Gasteiger partial charge in [-0.3, -0.25) is 0 Å². The number of aliphatic imine (C=N–C) groups is 1. The fourth-order valence-corrected chi connectivity index (χ4v) is 3.20. The van der Waals surface area contributed by atoms with Crippen molar-refractivity contribution in [1.82, 2.24) is 15.8 Å². The van der Waals surface area contributed by atoms with Crippen molar-refractivity contribution in [3.05, 3.63) is 71.9 Å². The Bertz CT molecular complexity index is 911. The minimum atomic E-state index is 0.109. The van der Waals surface area contributed by atoms with Gasteiger partial charge in [-0.1, -0.05) is 53.7 Å². The van der Waals surface area contributed by atoms with Gasteiger partial charge >= 0.3 is 0 Å². The van der Waals surface area contributed by atoms with Crippen LogP contribution in [0.2, 0.25) is 0 Å². The molecule has 0 bridgehead atoms. The monoisotopic (exact) mass is 376 g/mol. The van der Waals surface area contributed by atoms with Crippen LogP contribution in [0.1, 0.15) is 18.2 Å². The Morgan fingerprint density at radius 3 is 2.75 bits per heavy atom. The second kappa shape index (κ2) is 8.61. The van der Waals surface area contributed by atoms with Crippen LogP contribution < -0.4 is 15.4 Å². The summed E-state index contributed by atoms with van der Waals surface area (Å²) in [5.41, 5.74) is 3.06. The molecule has 0 fully saturated rings. The SMILES string of the molecule is CCNC(=NCc1cc(-c2ccccc2)on1)NCC1Cc2ccccc2O1. The molecule has 4 rings (SSSR count). The Hall–Kier alpha value is -3.28. The summed E-state index contributed by atoms with van der Waals surface area (Å²) < 4.78 is 11.4. The van der Waals surface area contributed by atoms with E-state index in [0.717, 1.165) is 41.7 Å². The van der Waals surface area contributed by atoms with Crippen molar-refractivity contribution >= 4 is 5.96 Å². The molecule has 1 aliphatic rings. The highest BCUT2D eigenvalue weighted by Gasteiger charge is 2.22. The van der Waals surface area contributed by atoms with Gasteiger partial charge in [-0.05, 0) is 18.6 Å². The molecule has 0 saturated carbocycles. The molecule has 1 aromatic heterocycles. The predicted molar refractivity (Wildman–Crippen MR) is 109 cm³/mol. The first-order valence-electron chi connectivity index (χ1n) is 9.59. The molecule has 1 atom stereocenters. The third-order valence-corrected chi connectivity index (χ3v) is 4.57. The molecule has 1 aliphatic heterocycles. The molecule has 0 amide bonds. The first-order chi connectivity index (χ1) is 13.8. The third kappa shape index (κ3) is 4.34. The number of benzene rings is 2. The summed E-state index contributed by atoms with van der Waals surface area (Å²) in [5, 5.41) is 10.8. The summed E-state index contributed by atoms with van der Waals surface area (Å²) in [6, 6.07) is 20.0. The number of nitrogens with one attached hydrogen (secondary N) is 2. The molecule has 6 nitrogen and oxygen atoms in total. The van der Waals surface area contributed by atoms with Crippen LogP contribution in [0.25, 0.3) is 11.3 Å². The molecular formula is C22H24N4O2. The molecule has 0 aliphatic carbocycles. The molecule has 2 heterocycles. The van der Waals surface area contributed by atoms with Gasteiger partial charge in [-0.25, -0.2) is 4.99 Å². The van der Waals surface area contributed by atoms with E-state index in [1.54, 1.807) is 0 Å². The molecule has 28 heavy (non-hydrogen) atoms. The van der Waals surface area contributed by atoms with E-state index >= 15 is 0 Å². The maximum atomic E-state index is 5.98. The molecule has 6 heteroatoms. The number of hydrogen-bond donors (Lipinski definition) is 2. The van der Waals surface area contributed by atoms with Crippen LogP contribution in [-0.4, -0.2) is 30.3 Å². The van der Waals surface area contributed by atoms with Gasteiger partial charge in [0.15, 0.2) is 11.7 Å². The van der Waals surface area contributed by atoms with E-state index in [1.165, 1.54) is 5.56 Å². The van der Waals surface area contributed by atoms with Gasteiger partial charge < -0.3 is 19.9 Å². The van der Waals surface area contributed by atoms with E-state index in [1.807, 2.05) is 61.5 Å². The molecular weight excluding hydrogens is 352 g/mol. The van der Waals surface area contributed by atoms with Crippen molar-refractivity contribution in [2.45, 2.75) is 26.0 Å². The van der Waals surface area contributed by atoms with Gasteiger partial charge in [0.05, 0.1) is 13.1 Å². The topological polar surface area (TPSA) is 71.7 Å². The Morgan fingerprint density at radius 2 is 1.93 bits per heavy atom. The standard InChI is InChI=1S/C22H24N4O2/c1-2-23-22(25-15-19-12-17-10-6-7-11-20(17)27-19)24-14-18-13-21(28-26-18)16-8-4-3-5-9-16/h3-11,13,19H,2,12,14-15H2,1H3,(H2,23,24,25). The molecule has 0 radical (unpaired) electrons. The summed E-state index contributed by atoms with van der Waals surface area (Å²) in [6.07, 6.45) is 1.02. The molecule has 2 N–H and O–H groups in total. The number of hydrogen-bond acceptors (Lipinski definition) is 4. The van der Waals surface area contributed by atoms with Crippen LogP contribution in [0.5, 0.6) is 5.75 Å². The van der Waals surface area contributed by atoms with Crippen molar-refractivity contribution in [1.29, 1.82) is 0 Å². The van der Waals surface area contributed by atoms with Gasteiger partial charge in [0, 0.05) is 24.6 Å². The zero-order chi connectivity index (χ0) is 19.2. The van der Waals surface area contributed by atoms with E-state index in [-0.39, 0.29) is 6.10 Å². The zero-order valence-corrected chi connectivity index (χ0v) is 15.9. The lowest BCUT2D eigenvalue weighted by Gasteiger charge is -2.15.